The predicted molar refractivity (Wildman–Crippen MR) is 72.6 cm³/mol. The molecular formula is C14H10F3N3O2. The minimum Gasteiger partial charge on any atom is -0.477 e. The molecule has 0 amide bonds. The van der Waals surface area contributed by atoms with E-state index in [1.54, 1.807) is 6.92 Å². The number of aromatic nitrogens is 3. The van der Waals surface area contributed by atoms with Gasteiger partial charge in [0.1, 0.15) is 5.69 Å². The summed E-state index contributed by atoms with van der Waals surface area (Å²) in [4.78, 5) is 13.9. The van der Waals surface area contributed by atoms with Gasteiger partial charge in [0, 0.05) is 22.2 Å². The molecule has 0 saturated carbocycles. The number of H-pyrrole nitrogens is 2. The maximum atomic E-state index is 12.9. The third-order valence-electron chi connectivity index (χ3n) is 3.38. The Morgan fingerprint density at radius 1 is 1.27 bits per heavy atom. The van der Waals surface area contributed by atoms with Crippen molar-refractivity contribution < 1.29 is 23.1 Å². The number of carboxylic acid groups (broad SMARTS) is 1. The summed E-state index contributed by atoms with van der Waals surface area (Å²) in [6.45, 7) is 1.69. The number of hydrogen-bond acceptors (Lipinski definition) is 2. The normalized spacial score (nSPS) is 12.0. The molecule has 2 heterocycles. The van der Waals surface area contributed by atoms with Crippen molar-refractivity contribution in [3.8, 4) is 11.3 Å². The number of carboxylic acids is 1. The Morgan fingerprint density at radius 2 is 2.00 bits per heavy atom. The monoisotopic (exact) mass is 309 g/mol. The lowest BCUT2D eigenvalue weighted by Gasteiger charge is -2.06. The zero-order chi connectivity index (χ0) is 16.1. The fourth-order valence-electron chi connectivity index (χ4n) is 2.39. The van der Waals surface area contributed by atoms with Crippen LogP contribution in [0.5, 0.6) is 0 Å². The fourth-order valence-corrected chi connectivity index (χ4v) is 2.39. The van der Waals surface area contributed by atoms with Gasteiger partial charge in [-0.2, -0.15) is 18.3 Å². The van der Waals surface area contributed by atoms with E-state index in [1.807, 2.05) is 0 Å². The molecule has 0 fully saturated rings. The molecule has 22 heavy (non-hydrogen) atoms. The van der Waals surface area contributed by atoms with Crippen molar-refractivity contribution in [1.29, 1.82) is 0 Å². The van der Waals surface area contributed by atoms with Crippen LogP contribution in [0, 0.1) is 6.92 Å². The lowest BCUT2D eigenvalue weighted by molar-refractivity contribution is -0.137. The minimum atomic E-state index is -4.45. The number of benzene rings is 1. The first-order chi connectivity index (χ1) is 10.3. The summed E-state index contributed by atoms with van der Waals surface area (Å²) in [5.41, 5.74) is 0.966. The number of nitrogens with one attached hydrogen (secondary N) is 2. The highest BCUT2D eigenvalue weighted by atomic mass is 19.4. The number of aromatic carboxylic acids is 1. The molecule has 3 aromatic rings. The summed E-state index contributed by atoms with van der Waals surface area (Å²) in [6, 6.07) is 4.66. The van der Waals surface area contributed by atoms with E-state index < -0.39 is 17.7 Å². The molecule has 0 aliphatic carbocycles. The highest BCUT2D eigenvalue weighted by Gasteiger charge is 2.31. The number of halogens is 3. The van der Waals surface area contributed by atoms with Crippen molar-refractivity contribution in [3.05, 3.63) is 41.2 Å². The van der Waals surface area contributed by atoms with Crippen LogP contribution in [-0.4, -0.2) is 26.3 Å². The van der Waals surface area contributed by atoms with E-state index >= 15 is 0 Å². The summed E-state index contributed by atoms with van der Waals surface area (Å²) in [6.07, 6.45) is -4.45. The van der Waals surface area contributed by atoms with E-state index in [0.29, 0.717) is 22.2 Å². The molecule has 0 aliphatic heterocycles. The van der Waals surface area contributed by atoms with E-state index in [0.717, 1.165) is 12.1 Å². The lowest BCUT2D eigenvalue weighted by Crippen LogP contribution is -2.04. The van der Waals surface area contributed by atoms with Crippen LogP contribution in [0.2, 0.25) is 0 Å². The van der Waals surface area contributed by atoms with Crippen LogP contribution in [0.4, 0.5) is 13.2 Å². The second-order valence-electron chi connectivity index (χ2n) is 4.86. The van der Waals surface area contributed by atoms with Gasteiger partial charge in [0.15, 0.2) is 0 Å². The molecule has 0 unspecified atom stereocenters. The van der Waals surface area contributed by atoms with Gasteiger partial charge in [-0.3, -0.25) is 5.10 Å². The van der Waals surface area contributed by atoms with Crippen LogP contribution in [0.15, 0.2) is 24.3 Å². The van der Waals surface area contributed by atoms with Gasteiger partial charge < -0.3 is 10.1 Å². The maximum Gasteiger partial charge on any atom is 0.416 e. The smallest absolute Gasteiger partial charge is 0.416 e. The zero-order valence-corrected chi connectivity index (χ0v) is 11.2. The first kappa shape index (κ1) is 14.2. The standard InChI is InChI=1S/C14H10F3N3O2/c1-6-12(10-5-11(13(21)22)20-19-10)8-4-7(14(15,16)17)2-3-9(8)18-6/h2-5,18H,1H3,(H,19,20)(H,21,22). The van der Waals surface area contributed by atoms with Gasteiger partial charge in [-0.1, -0.05) is 0 Å². The van der Waals surface area contributed by atoms with Crippen LogP contribution >= 0.6 is 0 Å². The second-order valence-corrected chi connectivity index (χ2v) is 4.86. The Bertz CT molecular complexity index is 877. The number of alkyl halides is 3. The van der Waals surface area contributed by atoms with E-state index in [-0.39, 0.29) is 11.4 Å². The van der Waals surface area contributed by atoms with Crippen molar-refractivity contribution >= 4 is 16.9 Å². The Labute approximate surface area is 121 Å². The van der Waals surface area contributed by atoms with Gasteiger partial charge in [0.05, 0.1) is 11.3 Å². The van der Waals surface area contributed by atoms with Gasteiger partial charge >= 0.3 is 12.1 Å². The van der Waals surface area contributed by atoms with E-state index in [1.165, 1.54) is 12.1 Å². The molecule has 2 aromatic heterocycles. The number of nitrogens with zero attached hydrogens (tertiary/aromatic N) is 1. The van der Waals surface area contributed by atoms with Gasteiger partial charge in [0.25, 0.3) is 0 Å². The number of fused-ring (bicyclic) bond motifs is 1. The molecule has 0 spiro atoms. The molecule has 0 saturated heterocycles. The summed E-state index contributed by atoms with van der Waals surface area (Å²) in [5.74, 6) is -1.19. The largest absolute Gasteiger partial charge is 0.477 e. The molecule has 0 aliphatic rings. The average molecular weight is 309 g/mol. The van der Waals surface area contributed by atoms with Crippen molar-refractivity contribution in [1.82, 2.24) is 15.2 Å². The van der Waals surface area contributed by atoms with Crippen LogP contribution in [0.25, 0.3) is 22.2 Å². The Hall–Kier alpha value is -2.77. The van der Waals surface area contributed by atoms with Crippen LogP contribution in [0.3, 0.4) is 0 Å². The molecule has 0 bridgehead atoms. The van der Waals surface area contributed by atoms with E-state index in [4.69, 9.17) is 5.11 Å². The number of hydrogen-bond donors (Lipinski definition) is 3. The first-order valence-electron chi connectivity index (χ1n) is 6.26. The number of aromatic amines is 2. The molecule has 5 nitrogen and oxygen atoms in total. The molecule has 3 N–H and O–H groups in total. The Kier molecular flexibility index (Phi) is 2.98. The van der Waals surface area contributed by atoms with Gasteiger partial charge in [-0.15, -0.1) is 0 Å². The summed E-state index contributed by atoms with van der Waals surface area (Å²) < 4.78 is 38.6. The van der Waals surface area contributed by atoms with Gasteiger partial charge in [0.2, 0.25) is 0 Å². The average Bonchev–Trinajstić information content (AvgIpc) is 2.99. The second kappa shape index (κ2) is 4.62. The molecule has 0 atom stereocenters. The summed E-state index contributed by atoms with van der Waals surface area (Å²) in [5, 5.41) is 15.5. The third-order valence-corrected chi connectivity index (χ3v) is 3.38. The molecular weight excluding hydrogens is 299 g/mol. The molecule has 1 aromatic carbocycles. The zero-order valence-electron chi connectivity index (χ0n) is 11.2. The number of carbonyl (C=O) groups is 1. The van der Waals surface area contributed by atoms with Crippen LogP contribution < -0.4 is 0 Å². The van der Waals surface area contributed by atoms with Gasteiger partial charge in [-0.05, 0) is 31.2 Å². The van der Waals surface area contributed by atoms with Gasteiger partial charge in [-0.25, -0.2) is 4.79 Å². The maximum absolute atomic E-state index is 12.9. The van der Waals surface area contributed by atoms with Crippen LogP contribution in [-0.2, 0) is 6.18 Å². The number of aryl methyl sites for hydroxylation is 1. The Balaban J connectivity index is 2.23. The van der Waals surface area contributed by atoms with Crippen LogP contribution in [0.1, 0.15) is 21.7 Å². The topological polar surface area (TPSA) is 81.8 Å². The molecule has 0 radical (unpaired) electrons. The SMILES string of the molecule is Cc1[nH]c2ccc(C(F)(F)F)cc2c1-c1cc(C(=O)O)[nH]n1. The molecule has 8 heteroatoms. The van der Waals surface area contributed by atoms with Crippen molar-refractivity contribution in [2.45, 2.75) is 13.1 Å². The summed E-state index contributed by atoms with van der Waals surface area (Å²) in [7, 11) is 0. The highest BCUT2D eigenvalue weighted by Crippen LogP contribution is 2.36. The van der Waals surface area contributed by atoms with Crippen molar-refractivity contribution in [3.63, 3.8) is 0 Å². The summed E-state index contributed by atoms with van der Waals surface area (Å²) >= 11 is 0. The van der Waals surface area contributed by atoms with Crippen molar-refractivity contribution in [2.24, 2.45) is 0 Å². The molecule has 114 valence electrons. The third kappa shape index (κ3) is 2.22. The van der Waals surface area contributed by atoms with Crippen molar-refractivity contribution in [2.75, 3.05) is 0 Å². The Morgan fingerprint density at radius 3 is 2.59 bits per heavy atom. The quantitative estimate of drug-likeness (QED) is 0.676. The van der Waals surface area contributed by atoms with E-state index in [9.17, 15) is 18.0 Å². The number of rotatable bonds is 2. The van der Waals surface area contributed by atoms with E-state index in [2.05, 4.69) is 15.2 Å². The highest BCUT2D eigenvalue weighted by molar-refractivity contribution is 5.98. The lowest BCUT2D eigenvalue weighted by atomic mass is 10.0. The predicted octanol–water partition coefficient (Wildman–Crippen LogP) is 3.58. The fraction of sp³-hybridized carbons (Fsp3) is 0.143. The molecule has 3 rings (SSSR count). The minimum absolute atomic E-state index is 0.129. The first-order valence-corrected chi connectivity index (χ1v) is 6.26.